The maximum absolute atomic E-state index is 12.0. The highest BCUT2D eigenvalue weighted by Gasteiger charge is 2.08. The Labute approximate surface area is 156 Å². The molecule has 3 N–H and O–H groups in total. The van der Waals surface area contributed by atoms with E-state index in [1.54, 1.807) is 42.5 Å². The summed E-state index contributed by atoms with van der Waals surface area (Å²) in [6.45, 7) is 2.03. The largest absolute Gasteiger partial charge is 0.376 e. The summed E-state index contributed by atoms with van der Waals surface area (Å²) in [5, 5.41) is 9.20. The van der Waals surface area contributed by atoms with E-state index in [9.17, 15) is 9.59 Å². The Morgan fingerprint density at radius 2 is 1.60 bits per heavy atom. The van der Waals surface area contributed by atoms with Gasteiger partial charge in [-0.15, -0.1) is 0 Å². The van der Waals surface area contributed by atoms with Crippen LogP contribution < -0.4 is 16.0 Å². The highest BCUT2D eigenvalue weighted by atomic mass is 35.5. The fourth-order valence-corrected chi connectivity index (χ4v) is 2.45. The fourth-order valence-electron chi connectivity index (χ4n) is 2.10. The van der Waals surface area contributed by atoms with Gasteiger partial charge in [0.1, 0.15) is 0 Å². The van der Waals surface area contributed by atoms with Crippen molar-refractivity contribution in [2.45, 2.75) is 19.8 Å². The van der Waals surface area contributed by atoms with Crippen LogP contribution in [0.1, 0.15) is 19.8 Å². The quantitative estimate of drug-likeness (QED) is 0.647. The molecule has 25 heavy (non-hydrogen) atoms. The van der Waals surface area contributed by atoms with Crippen molar-refractivity contribution >= 4 is 52.1 Å². The molecule has 0 heterocycles. The lowest BCUT2D eigenvalue weighted by Gasteiger charge is -2.10. The van der Waals surface area contributed by atoms with Crippen LogP contribution in [-0.4, -0.2) is 18.4 Å². The van der Waals surface area contributed by atoms with Gasteiger partial charge in [-0.05, 0) is 42.8 Å². The van der Waals surface area contributed by atoms with E-state index in [2.05, 4.69) is 16.0 Å². The normalized spacial score (nSPS) is 10.2. The van der Waals surface area contributed by atoms with Crippen molar-refractivity contribution in [3.8, 4) is 0 Å². The number of amides is 2. The van der Waals surface area contributed by atoms with Gasteiger partial charge in [0.25, 0.3) is 0 Å². The fraction of sp³-hybridized carbons (Fsp3) is 0.222. The number of anilines is 3. The van der Waals surface area contributed by atoms with Crippen molar-refractivity contribution in [2.75, 3.05) is 22.5 Å². The second-order valence-corrected chi connectivity index (χ2v) is 6.16. The molecular weight excluding hydrogens is 361 g/mol. The maximum Gasteiger partial charge on any atom is 0.243 e. The minimum absolute atomic E-state index is 0.0130. The Morgan fingerprint density at radius 1 is 0.920 bits per heavy atom. The summed E-state index contributed by atoms with van der Waals surface area (Å²) in [6, 6.07) is 12.2. The first-order valence-corrected chi connectivity index (χ1v) is 8.63. The van der Waals surface area contributed by atoms with E-state index in [4.69, 9.17) is 23.2 Å². The number of halogens is 2. The third-order valence-electron chi connectivity index (χ3n) is 3.32. The van der Waals surface area contributed by atoms with Crippen LogP contribution in [0.3, 0.4) is 0 Å². The number of hydrogen-bond donors (Lipinski definition) is 3. The molecule has 0 bridgehead atoms. The van der Waals surface area contributed by atoms with Gasteiger partial charge in [0.05, 0.1) is 22.3 Å². The third kappa shape index (κ3) is 5.96. The van der Waals surface area contributed by atoms with Crippen LogP contribution in [0.5, 0.6) is 0 Å². The molecule has 2 amide bonds. The molecule has 7 heteroatoms. The van der Waals surface area contributed by atoms with Gasteiger partial charge in [0.15, 0.2) is 0 Å². The van der Waals surface area contributed by atoms with Crippen molar-refractivity contribution in [3.05, 3.63) is 52.5 Å². The number of carbonyl (C=O) groups excluding carboxylic acids is 2. The van der Waals surface area contributed by atoms with E-state index in [0.717, 1.165) is 17.8 Å². The van der Waals surface area contributed by atoms with Gasteiger partial charge in [-0.1, -0.05) is 36.2 Å². The second kappa shape index (κ2) is 9.30. The van der Waals surface area contributed by atoms with E-state index in [1.807, 2.05) is 6.92 Å². The predicted octanol–water partition coefficient (Wildman–Crippen LogP) is 4.78. The summed E-state index contributed by atoms with van der Waals surface area (Å²) in [5.74, 6) is -0.259. The van der Waals surface area contributed by atoms with Crippen LogP contribution in [0, 0.1) is 0 Å². The van der Waals surface area contributed by atoms with Gasteiger partial charge in [-0.25, -0.2) is 0 Å². The first-order chi connectivity index (χ1) is 12.0. The van der Waals surface area contributed by atoms with Crippen molar-refractivity contribution in [1.29, 1.82) is 0 Å². The first-order valence-electron chi connectivity index (χ1n) is 7.87. The van der Waals surface area contributed by atoms with E-state index in [0.29, 0.717) is 22.2 Å². The van der Waals surface area contributed by atoms with Gasteiger partial charge in [-0.3, -0.25) is 9.59 Å². The number of benzene rings is 2. The zero-order chi connectivity index (χ0) is 18.2. The van der Waals surface area contributed by atoms with Crippen LogP contribution >= 0.6 is 23.2 Å². The Morgan fingerprint density at radius 3 is 2.28 bits per heavy atom. The van der Waals surface area contributed by atoms with Crippen molar-refractivity contribution in [1.82, 2.24) is 0 Å². The lowest BCUT2D eigenvalue weighted by molar-refractivity contribution is -0.116. The van der Waals surface area contributed by atoms with E-state index >= 15 is 0 Å². The van der Waals surface area contributed by atoms with Gasteiger partial charge >= 0.3 is 0 Å². The first kappa shape index (κ1) is 19.1. The zero-order valence-corrected chi connectivity index (χ0v) is 15.2. The Bertz CT molecular complexity index is 748. The lowest BCUT2D eigenvalue weighted by atomic mass is 10.2. The number of carbonyl (C=O) groups is 2. The van der Waals surface area contributed by atoms with Crippen molar-refractivity contribution in [3.63, 3.8) is 0 Å². The highest BCUT2D eigenvalue weighted by Crippen LogP contribution is 2.29. The molecule has 2 rings (SSSR count). The Balaban J connectivity index is 1.85. The second-order valence-electron chi connectivity index (χ2n) is 5.38. The van der Waals surface area contributed by atoms with E-state index < -0.39 is 0 Å². The summed E-state index contributed by atoms with van der Waals surface area (Å²) in [5.41, 5.74) is 1.95. The van der Waals surface area contributed by atoms with Gasteiger partial charge in [0.2, 0.25) is 11.8 Å². The molecule has 2 aromatic carbocycles. The Hall–Kier alpha value is -2.24. The molecule has 0 aromatic heterocycles. The predicted molar refractivity (Wildman–Crippen MR) is 104 cm³/mol. The molecule has 0 atom stereocenters. The van der Waals surface area contributed by atoms with Crippen molar-refractivity contribution in [2.24, 2.45) is 0 Å². The SMILES string of the molecule is CCCC(=O)Nc1ccc(NCC(=O)Nc2cccc(Cl)c2Cl)cc1. The summed E-state index contributed by atoms with van der Waals surface area (Å²) in [4.78, 5) is 23.5. The zero-order valence-electron chi connectivity index (χ0n) is 13.7. The number of rotatable bonds is 7. The molecule has 0 aliphatic heterocycles. The van der Waals surface area contributed by atoms with Gasteiger partial charge in [-0.2, -0.15) is 0 Å². The van der Waals surface area contributed by atoms with E-state index in [-0.39, 0.29) is 18.4 Å². The smallest absolute Gasteiger partial charge is 0.243 e. The van der Waals surface area contributed by atoms with Crippen LogP contribution in [0.4, 0.5) is 17.1 Å². The number of nitrogens with one attached hydrogen (secondary N) is 3. The minimum Gasteiger partial charge on any atom is -0.376 e. The topological polar surface area (TPSA) is 70.2 Å². The molecule has 0 aliphatic rings. The standard InChI is InChI=1S/C18H19Cl2N3O2/c1-2-4-16(24)22-13-9-7-12(8-10-13)21-11-17(25)23-15-6-3-5-14(19)18(15)20/h3,5-10,21H,2,4,11H2,1H3,(H,22,24)(H,23,25). The van der Waals surface area contributed by atoms with Crippen molar-refractivity contribution < 1.29 is 9.59 Å². The molecule has 0 unspecified atom stereocenters. The molecule has 0 aliphatic carbocycles. The van der Waals surface area contributed by atoms with Crippen LogP contribution in [0.25, 0.3) is 0 Å². The molecular formula is C18H19Cl2N3O2. The molecule has 0 fully saturated rings. The average Bonchev–Trinajstić information content (AvgIpc) is 2.58. The minimum atomic E-state index is -0.246. The van der Waals surface area contributed by atoms with Gasteiger partial charge in [0, 0.05) is 17.8 Å². The molecule has 132 valence electrons. The summed E-state index contributed by atoms with van der Waals surface area (Å²) in [7, 11) is 0. The summed E-state index contributed by atoms with van der Waals surface area (Å²) < 4.78 is 0. The lowest BCUT2D eigenvalue weighted by Crippen LogP contribution is -2.21. The van der Waals surface area contributed by atoms with E-state index in [1.165, 1.54) is 0 Å². The monoisotopic (exact) mass is 379 g/mol. The number of hydrogen-bond acceptors (Lipinski definition) is 3. The summed E-state index contributed by atoms with van der Waals surface area (Å²) >= 11 is 11.9. The molecule has 5 nitrogen and oxygen atoms in total. The average molecular weight is 380 g/mol. The third-order valence-corrected chi connectivity index (χ3v) is 4.14. The molecule has 2 aromatic rings. The Kier molecular flexibility index (Phi) is 7.10. The molecule has 0 saturated heterocycles. The molecule has 0 saturated carbocycles. The molecule has 0 radical (unpaired) electrons. The highest BCUT2D eigenvalue weighted by molar-refractivity contribution is 6.44. The molecule has 0 spiro atoms. The van der Waals surface area contributed by atoms with Crippen LogP contribution in [0.15, 0.2) is 42.5 Å². The van der Waals surface area contributed by atoms with Crippen LogP contribution in [-0.2, 0) is 9.59 Å². The van der Waals surface area contributed by atoms with Gasteiger partial charge < -0.3 is 16.0 Å². The summed E-state index contributed by atoms with van der Waals surface area (Å²) in [6.07, 6.45) is 1.30. The maximum atomic E-state index is 12.0. The van der Waals surface area contributed by atoms with Crippen LogP contribution in [0.2, 0.25) is 10.0 Å².